The second kappa shape index (κ2) is 6.82. The summed E-state index contributed by atoms with van der Waals surface area (Å²) in [5, 5.41) is 10.9. The van der Waals surface area contributed by atoms with Crippen molar-refractivity contribution in [3.05, 3.63) is 36.2 Å². The van der Waals surface area contributed by atoms with Gasteiger partial charge in [-0.2, -0.15) is 23.3 Å². The van der Waals surface area contributed by atoms with Crippen molar-refractivity contribution in [2.24, 2.45) is 0 Å². The standard InChI is InChI=1S/C20H19F3N6O2/c1-19(7-8-31-17(19)30)29-15-4-2-3-14(12(15)9-25-29)27-18-24-10-13(20(21,22)23)16(28-18)26-11-5-6-11/h2-4,9-11H,5-8H2,1H3,(H2,24,26,27,28)/t19-/m0/s1. The molecule has 5 rings (SSSR count). The Morgan fingerprint density at radius 3 is 2.74 bits per heavy atom. The minimum absolute atomic E-state index is 0.00238. The average molecular weight is 432 g/mol. The summed E-state index contributed by atoms with van der Waals surface area (Å²) in [5.41, 5.74) is -0.555. The molecule has 2 N–H and O–H groups in total. The lowest BCUT2D eigenvalue weighted by Crippen LogP contribution is -2.35. The summed E-state index contributed by atoms with van der Waals surface area (Å²) < 4.78 is 46.7. The summed E-state index contributed by atoms with van der Waals surface area (Å²) in [6.07, 6.45) is -0.0601. The molecule has 3 heterocycles. The van der Waals surface area contributed by atoms with Gasteiger partial charge in [0.05, 0.1) is 24.0 Å². The number of nitrogens with zero attached hydrogens (tertiary/aromatic N) is 4. The van der Waals surface area contributed by atoms with Crippen LogP contribution in [0.5, 0.6) is 0 Å². The molecule has 0 amide bonds. The van der Waals surface area contributed by atoms with Crippen molar-refractivity contribution in [3.8, 4) is 0 Å². The molecular weight excluding hydrogens is 413 g/mol. The molecule has 2 aliphatic rings. The van der Waals surface area contributed by atoms with Crippen LogP contribution >= 0.6 is 0 Å². The van der Waals surface area contributed by atoms with E-state index in [9.17, 15) is 18.0 Å². The molecular formula is C20H19F3N6O2. The van der Waals surface area contributed by atoms with E-state index in [-0.39, 0.29) is 23.8 Å². The molecule has 3 aromatic rings. The molecule has 1 atom stereocenters. The molecule has 2 fully saturated rings. The Morgan fingerprint density at radius 1 is 1.26 bits per heavy atom. The molecule has 1 aliphatic heterocycles. The van der Waals surface area contributed by atoms with E-state index < -0.39 is 17.3 Å². The largest absolute Gasteiger partial charge is 0.464 e. The Kier molecular flexibility index (Phi) is 4.31. The summed E-state index contributed by atoms with van der Waals surface area (Å²) in [6, 6.07) is 5.33. The second-order valence-electron chi connectivity index (χ2n) is 7.95. The van der Waals surface area contributed by atoms with Gasteiger partial charge >= 0.3 is 12.1 Å². The summed E-state index contributed by atoms with van der Waals surface area (Å²) >= 11 is 0. The minimum Gasteiger partial charge on any atom is -0.464 e. The number of anilines is 3. The normalized spacial score (nSPS) is 21.4. The van der Waals surface area contributed by atoms with E-state index in [4.69, 9.17) is 4.74 Å². The second-order valence-corrected chi connectivity index (χ2v) is 7.95. The summed E-state index contributed by atoms with van der Waals surface area (Å²) in [5.74, 6) is -0.558. The summed E-state index contributed by atoms with van der Waals surface area (Å²) in [7, 11) is 0. The van der Waals surface area contributed by atoms with Gasteiger partial charge in [-0.05, 0) is 31.9 Å². The Hall–Kier alpha value is -3.37. The summed E-state index contributed by atoms with van der Waals surface area (Å²) in [6.45, 7) is 2.09. The van der Waals surface area contributed by atoms with Crippen LogP contribution in [-0.2, 0) is 21.2 Å². The van der Waals surface area contributed by atoms with Crippen LogP contribution in [0.3, 0.4) is 0 Å². The first-order valence-electron chi connectivity index (χ1n) is 9.88. The number of halogens is 3. The number of ether oxygens (including phenoxy) is 1. The van der Waals surface area contributed by atoms with E-state index in [1.54, 1.807) is 29.9 Å². The van der Waals surface area contributed by atoms with E-state index in [0.29, 0.717) is 29.6 Å². The predicted octanol–water partition coefficient (Wildman–Crippen LogP) is 3.83. The monoisotopic (exact) mass is 432 g/mol. The fourth-order valence-electron chi connectivity index (χ4n) is 3.65. The molecule has 8 nitrogen and oxygen atoms in total. The molecule has 162 valence electrons. The van der Waals surface area contributed by atoms with Gasteiger partial charge in [-0.3, -0.25) is 0 Å². The van der Waals surface area contributed by atoms with Crippen LogP contribution in [-0.4, -0.2) is 38.4 Å². The molecule has 1 aliphatic carbocycles. The highest BCUT2D eigenvalue weighted by Gasteiger charge is 2.43. The maximum atomic E-state index is 13.3. The number of alkyl halides is 3. The molecule has 1 saturated carbocycles. The van der Waals surface area contributed by atoms with Crippen LogP contribution in [0.1, 0.15) is 31.7 Å². The van der Waals surface area contributed by atoms with Crippen LogP contribution < -0.4 is 10.6 Å². The third-order valence-electron chi connectivity index (χ3n) is 5.60. The first-order valence-corrected chi connectivity index (χ1v) is 9.88. The van der Waals surface area contributed by atoms with Crippen LogP contribution in [0.2, 0.25) is 0 Å². The van der Waals surface area contributed by atoms with Gasteiger partial charge in [0, 0.05) is 24.0 Å². The zero-order chi connectivity index (χ0) is 21.8. The number of cyclic esters (lactones) is 1. The Balaban J connectivity index is 1.50. The number of benzene rings is 1. The van der Waals surface area contributed by atoms with E-state index >= 15 is 0 Å². The third-order valence-corrected chi connectivity index (χ3v) is 5.60. The van der Waals surface area contributed by atoms with Gasteiger partial charge in [0.25, 0.3) is 0 Å². The number of fused-ring (bicyclic) bond motifs is 1. The molecule has 0 spiro atoms. The predicted molar refractivity (Wildman–Crippen MR) is 106 cm³/mol. The highest BCUT2D eigenvalue weighted by atomic mass is 19.4. The molecule has 0 radical (unpaired) electrons. The van der Waals surface area contributed by atoms with Crippen molar-refractivity contribution in [2.75, 3.05) is 17.2 Å². The van der Waals surface area contributed by atoms with Crippen molar-refractivity contribution in [1.82, 2.24) is 19.7 Å². The zero-order valence-corrected chi connectivity index (χ0v) is 16.5. The highest BCUT2D eigenvalue weighted by molar-refractivity contribution is 5.94. The van der Waals surface area contributed by atoms with E-state index in [0.717, 1.165) is 19.0 Å². The van der Waals surface area contributed by atoms with E-state index in [1.807, 2.05) is 6.07 Å². The molecule has 11 heteroatoms. The van der Waals surface area contributed by atoms with Gasteiger partial charge in [0.2, 0.25) is 5.95 Å². The average Bonchev–Trinajstić information content (AvgIpc) is 3.30. The van der Waals surface area contributed by atoms with Crippen LogP contribution in [0.4, 0.5) is 30.6 Å². The highest BCUT2D eigenvalue weighted by Crippen LogP contribution is 2.37. The molecule has 2 aromatic heterocycles. The quantitative estimate of drug-likeness (QED) is 0.592. The minimum atomic E-state index is -4.55. The Bertz CT molecular complexity index is 1170. The smallest absolute Gasteiger partial charge is 0.421 e. The Morgan fingerprint density at radius 2 is 2.06 bits per heavy atom. The fourth-order valence-corrected chi connectivity index (χ4v) is 3.65. The molecule has 1 aromatic carbocycles. The maximum Gasteiger partial charge on any atom is 0.421 e. The van der Waals surface area contributed by atoms with Gasteiger partial charge < -0.3 is 15.4 Å². The van der Waals surface area contributed by atoms with Gasteiger partial charge in [0.15, 0.2) is 5.54 Å². The van der Waals surface area contributed by atoms with Crippen molar-refractivity contribution in [3.63, 3.8) is 0 Å². The van der Waals surface area contributed by atoms with Gasteiger partial charge in [-0.15, -0.1) is 0 Å². The first kappa shape index (κ1) is 19.6. The van der Waals surface area contributed by atoms with Crippen molar-refractivity contribution in [2.45, 2.75) is 43.9 Å². The molecule has 31 heavy (non-hydrogen) atoms. The van der Waals surface area contributed by atoms with Gasteiger partial charge in [-0.25, -0.2) is 14.5 Å². The van der Waals surface area contributed by atoms with Gasteiger partial charge in [-0.1, -0.05) is 6.07 Å². The van der Waals surface area contributed by atoms with Crippen LogP contribution in [0.25, 0.3) is 10.9 Å². The lowest BCUT2D eigenvalue weighted by atomic mass is 10.0. The first-order chi connectivity index (χ1) is 14.8. The summed E-state index contributed by atoms with van der Waals surface area (Å²) in [4.78, 5) is 20.2. The molecule has 0 unspecified atom stereocenters. The number of esters is 1. The van der Waals surface area contributed by atoms with Crippen molar-refractivity contribution >= 4 is 34.3 Å². The number of aromatic nitrogens is 4. The van der Waals surface area contributed by atoms with Crippen LogP contribution in [0.15, 0.2) is 30.6 Å². The topological polar surface area (TPSA) is 94.0 Å². The van der Waals surface area contributed by atoms with E-state index in [1.165, 1.54) is 0 Å². The number of nitrogens with one attached hydrogen (secondary N) is 2. The number of hydrogen-bond donors (Lipinski definition) is 2. The van der Waals surface area contributed by atoms with E-state index in [2.05, 4.69) is 25.7 Å². The molecule has 1 saturated heterocycles. The Labute approximate surface area is 174 Å². The number of rotatable bonds is 5. The van der Waals surface area contributed by atoms with Crippen molar-refractivity contribution in [1.29, 1.82) is 0 Å². The number of carbonyl (C=O) groups excluding carboxylic acids is 1. The number of hydrogen-bond acceptors (Lipinski definition) is 7. The lowest BCUT2D eigenvalue weighted by molar-refractivity contribution is -0.145. The molecule has 0 bridgehead atoms. The van der Waals surface area contributed by atoms with Crippen LogP contribution in [0, 0.1) is 0 Å². The number of carbonyl (C=O) groups is 1. The van der Waals surface area contributed by atoms with Crippen molar-refractivity contribution < 1.29 is 22.7 Å². The zero-order valence-electron chi connectivity index (χ0n) is 16.5. The third kappa shape index (κ3) is 3.43. The van der Waals surface area contributed by atoms with Gasteiger partial charge in [0.1, 0.15) is 11.4 Å². The maximum absolute atomic E-state index is 13.3. The fraction of sp³-hybridized carbons (Fsp3) is 0.400. The SMILES string of the molecule is C[C@]1(n2ncc3c(Nc4ncc(C(F)(F)F)c(NC5CC5)n4)cccc32)CCOC1=O. The lowest BCUT2D eigenvalue weighted by Gasteiger charge is -2.20.